The summed E-state index contributed by atoms with van der Waals surface area (Å²) in [6.07, 6.45) is 0.325. The van der Waals surface area contributed by atoms with Gasteiger partial charge < -0.3 is 9.88 Å². The Morgan fingerprint density at radius 3 is 3.00 bits per heavy atom. The van der Waals surface area contributed by atoms with Crippen LogP contribution in [0.1, 0.15) is 30.2 Å². The highest BCUT2D eigenvalue weighted by Gasteiger charge is 2.21. The van der Waals surface area contributed by atoms with Gasteiger partial charge in [0.05, 0.1) is 6.04 Å². The van der Waals surface area contributed by atoms with Crippen molar-refractivity contribution in [1.29, 1.82) is 0 Å². The van der Waals surface area contributed by atoms with Crippen LogP contribution in [0.3, 0.4) is 0 Å². The molecule has 19 heavy (non-hydrogen) atoms. The van der Waals surface area contributed by atoms with E-state index < -0.39 is 11.6 Å². The molecule has 2 aromatic rings. The predicted octanol–water partition coefficient (Wildman–Crippen LogP) is 1.81. The first kappa shape index (κ1) is 12.2. The van der Waals surface area contributed by atoms with Crippen LogP contribution in [0.15, 0.2) is 18.2 Å². The third-order valence-electron chi connectivity index (χ3n) is 3.39. The van der Waals surface area contributed by atoms with Crippen molar-refractivity contribution >= 4 is 0 Å². The van der Waals surface area contributed by atoms with Crippen LogP contribution in [0.2, 0.25) is 0 Å². The molecule has 1 aliphatic rings. The summed E-state index contributed by atoms with van der Waals surface area (Å²) in [5, 5.41) is 11.5. The van der Waals surface area contributed by atoms with Crippen LogP contribution in [0.5, 0.6) is 0 Å². The number of benzene rings is 1. The van der Waals surface area contributed by atoms with Gasteiger partial charge in [-0.2, -0.15) is 0 Å². The van der Waals surface area contributed by atoms with Gasteiger partial charge in [-0.05, 0) is 18.6 Å². The molecular weight excluding hydrogens is 250 g/mol. The van der Waals surface area contributed by atoms with Crippen LogP contribution in [0, 0.1) is 11.6 Å². The monoisotopic (exact) mass is 264 g/mol. The van der Waals surface area contributed by atoms with Crippen molar-refractivity contribution in [2.75, 3.05) is 6.54 Å². The van der Waals surface area contributed by atoms with E-state index in [2.05, 4.69) is 15.5 Å². The lowest BCUT2D eigenvalue weighted by atomic mass is 10.1. The van der Waals surface area contributed by atoms with Crippen molar-refractivity contribution in [3.05, 3.63) is 47.0 Å². The Balaban J connectivity index is 1.92. The molecular formula is C13H14F2N4. The molecule has 1 aromatic heterocycles. The second-order valence-corrected chi connectivity index (χ2v) is 4.71. The van der Waals surface area contributed by atoms with Crippen LogP contribution >= 0.6 is 0 Å². The van der Waals surface area contributed by atoms with E-state index in [0.717, 1.165) is 25.0 Å². The van der Waals surface area contributed by atoms with E-state index in [1.54, 1.807) is 0 Å². The summed E-state index contributed by atoms with van der Waals surface area (Å²) in [4.78, 5) is 0. The number of rotatable bonds is 2. The zero-order valence-electron chi connectivity index (χ0n) is 10.5. The SMILES string of the molecule is CC1NCCn2c(Cc3ccc(F)cc3F)nnc21. The smallest absolute Gasteiger partial charge is 0.149 e. The Morgan fingerprint density at radius 2 is 2.21 bits per heavy atom. The molecule has 4 nitrogen and oxygen atoms in total. The summed E-state index contributed by atoms with van der Waals surface area (Å²) in [6.45, 7) is 3.62. The maximum absolute atomic E-state index is 13.6. The minimum atomic E-state index is -0.567. The fourth-order valence-electron chi connectivity index (χ4n) is 2.36. The molecule has 1 N–H and O–H groups in total. The van der Waals surface area contributed by atoms with Gasteiger partial charge in [-0.25, -0.2) is 8.78 Å². The highest BCUT2D eigenvalue weighted by molar-refractivity contribution is 5.22. The molecule has 0 spiro atoms. The first-order valence-electron chi connectivity index (χ1n) is 6.24. The fourth-order valence-corrected chi connectivity index (χ4v) is 2.36. The van der Waals surface area contributed by atoms with Gasteiger partial charge in [0.25, 0.3) is 0 Å². The summed E-state index contributed by atoms with van der Waals surface area (Å²) in [6, 6.07) is 3.76. The maximum Gasteiger partial charge on any atom is 0.149 e. The third-order valence-corrected chi connectivity index (χ3v) is 3.39. The molecule has 0 radical (unpaired) electrons. The molecule has 1 aliphatic heterocycles. The highest BCUT2D eigenvalue weighted by atomic mass is 19.1. The van der Waals surface area contributed by atoms with Crippen LogP contribution in [0.4, 0.5) is 8.78 Å². The molecule has 0 amide bonds. The molecule has 0 bridgehead atoms. The molecule has 1 atom stereocenters. The Labute approximate surface area is 109 Å². The van der Waals surface area contributed by atoms with Crippen molar-refractivity contribution in [3.63, 3.8) is 0 Å². The third kappa shape index (κ3) is 2.23. The van der Waals surface area contributed by atoms with E-state index >= 15 is 0 Å². The summed E-state index contributed by atoms with van der Waals surface area (Å²) < 4.78 is 28.5. The standard InChI is InChI=1S/C13H14F2N4/c1-8-13-18-17-12(19(13)5-4-16-8)6-9-2-3-10(14)7-11(9)15/h2-3,7-8,16H,4-6H2,1H3. The van der Waals surface area contributed by atoms with Crippen molar-refractivity contribution in [2.24, 2.45) is 0 Å². The molecule has 0 saturated carbocycles. The predicted molar refractivity (Wildman–Crippen MR) is 65.6 cm³/mol. The number of halogens is 2. The van der Waals surface area contributed by atoms with Crippen LogP contribution in [0.25, 0.3) is 0 Å². The Kier molecular flexibility index (Phi) is 3.02. The van der Waals surface area contributed by atoms with Gasteiger partial charge >= 0.3 is 0 Å². The van der Waals surface area contributed by atoms with Crippen LogP contribution in [-0.2, 0) is 13.0 Å². The van der Waals surface area contributed by atoms with Gasteiger partial charge in [0.1, 0.15) is 23.3 Å². The van der Waals surface area contributed by atoms with Gasteiger partial charge in [-0.1, -0.05) is 6.07 Å². The van der Waals surface area contributed by atoms with Gasteiger partial charge in [-0.3, -0.25) is 0 Å². The van der Waals surface area contributed by atoms with Crippen molar-refractivity contribution in [1.82, 2.24) is 20.1 Å². The highest BCUT2D eigenvalue weighted by Crippen LogP contribution is 2.19. The molecule has 3 rings (SSSR count). The van der Waals surface area contributed by atoms with Crippen LogP contribution in [-0.4, -0.2) is 21.3 Å². The molecule has 2 heterocycles. The topological polar surface area (TPSA) is 42.7 Å². The van der Waals surface area contributed by atoms with E-state index in [4.69, 9.17) is 0 Å². The average molecular weight is 264 g/mol. The Bertz CT molecular complexity index is 609. The maximum atomic E-state index is 13.6. The zero-order chi connectivity index (χ0) is 13.4. The number of fused-ring (bicyclic) bond motifs is 1. The molecule has 1 aromatic carbocycles. The van der Waals surface area contributed by atoms with Gasteiger partial charge in [0, 0.05) is 25.6 Å². The van der Waals surface area contributed by atoms with Crippen molar-refractivity contribution in [3.8, 4) is 0 Å². The number of aromatic nitrogens is 3. The Hall–Kier alpha value is -1.82. The summed E-state index contributed by atoms with van der Waals surface area (Å²) in [7, 11) is 0. The van der Waals surface area contributed by atoms with Crippen molar-refractivity contribution < 1.29 is 8.78 Å². The molecule has 1 unspecified atom stereocenters. The van der Waals surface area contributed by atoms with Crippen LogP contribution < -0.4 is 5.32 Å². The second-order valence-electron chi connectivity index (χ2n) is 4.71. The first-order chi connectivity index (χ1) is 9.15. The molecule has 100 valence electrons. The Morgan fingerprint density at radius 1 is 1.37 bits per heavy atom. The van der Waals surface area contributed by atoms with E-state index in [0.29, 0.717) is 17.8 Å². The number of hydrogen-bond acceptors (Lipinski definition) is 3. The van der Waals surface area contributed by atoms with E-state index in [9.17, 15) is 8.78 Å². The van der Waals surface area contributed by atoms with Crippen molar-refractivity contribution in [2.45, 2.75) is 25.9 Å². The fraction of sp³-hybridized carbons (Fsp3) is 0.385. The minimum absolute atomic E-state index is 0.146. The molecule has 0 saturated heterocycles. The largest absolute Gasteiger partial charge is 0.312 e. The average Bonchev–Trinajstić information content (AvgIpc) is 2.78. The normalized spacial score (nSPS) is 18.4. The summed E-state index contributed by atoms with van der Waals surface area (Å²) in [5.41, 5.74) is 0.433. The van der Waals surface area contributed by atoms with Gasteiger partial charge in [-0.15, -0.1) is 10.2 Å². The lowest BCUT2D eigenvalue weighted by Gasteiger charge is -2.21. The van der Waals surface area contributed by atoms with E-state index in [1.807, 2.05) is 11.5 Å². The molecule has 6 heteroatoms. The number of hydrogen-bond donors (Lipinski definition) is 1. The molecule has 0 fully saturated rings. The quantitative estimate of drug-likeness (QED) is 0.899. The first-order valence-corrected chi connectivity index (χ1v) is 6.24. The van der Waals surface area contributed by atoms with Gasteiger partial charge in [0.15, 0.2) is 0 Å². The zero-order valence-corrected chi connectivity index (χ0v) is 10.5. The minimum Gasteiger partial charge on any atom is -0.312 e. The summed E-state index contributed by atoms with van der Waals surface area (Å²) in [5.74, 6) is 0.472. The van der Waals surface area contributed by atoms with E-state index in [1.165, 1.54) is 12.1 Å². The molecule has 0 aliphatic carbocycles. The van der Waals surface area contributed by atoms with Gasteiger partial charge in [0.2, 0.25) is 0 Å². The second kappa shape index (κ2) is 4.70. The number of nitrogens with zero attached hydrogens (tertiary/aromatic N) is 3. The lowest BCUT2D eigenvalue weighted by molar-refractivity contribution is 0.430. The lowest BCUT2D eigenvalue weighted by Crippen LogP contribution is -2.32. The summed E-state index contributed by atoms with van der Waals surface area (Å²) >= 11 is 0. The van der Waals surface area contributed by atoms with E-state index in [-0.39, 0.29) is 6.04 Å². The number of nitrogens with one attached hydrogen (secondary N) is 1.